The van der Waals surface area contributed by atoms with Crippen molar-refractivity contribution in [2.24, 2.45) is 5.41 Å². The first kappa shape index (κ1) is 12.5. The first-order valence-electron chi connectivity index (χ1n) is 5.72. The molecule has 15 heavy (non-hydrogen) atoms. The standard InChI is InChI=1S/C12H22N2O/c1-5-15-11-9-10(12(11,2)3)14(4)8-6-7-13/h10-11H,5-6,8-9H2,1-4H3/t10-,11+/m1/s1. The summed E-state index contributed by atoms with van der Waals surface area (Å²) >= 11 is 0. The van der Waals surface area contributed by atoms with Gasteiger partial charge in [-0.2, -0.15) is 5.26 Å². The second-order valence-corrected chi connectivity index (χ2v) is 4.91. The summed E-state index contributed by atoms with van der Waals surface area (Å²) in [5.74, 6) is 0. The highest BCUT2D eigenvalue weighted by atomic mass is 16.5. The Labute approximate surface area is 93.0 Å². The fraction of sp³-hybridized carbons (Fsp3) is 0.917. The quantitative estimate of drug-likeness (QED) is 0.696. The van der Waals surface area contributed by atoms with Gasteiger partial charge >= 0.3 is 0 Å². The highest BCUT2D eigenvalue weighted by Crippen LogP contribution is 2.45. The van der Waals surface area contributed by atoms with E-state index >= 15 is 0 Å². The average molecular weight is 210 g/mol. The SMILES string of the molecule is CCO[C@H]1C[C@@H](N(C)CCC#N)C1(C)C. The molecule has 3 nitrogen and oxygen atoms in total. The summed E-state index contributed by atoms with van der Waals surface area (Å²) in [6.07, 6.45) is 2.10. The van der Waals surface area contributed by atoms with E-state index in [1.807, 2.05) is 6.92 Å². The Bertz CT molecular complexity index is 244. The van der Waals surface area contributed by atoms with Gasteiger partial charge in [-0.15, -0.1) is 0 Å². The first-order chi connectivity index (χ1) is 7.04. The number of nitrogens with zero attached hydrogens (tertiary/aromatic N) is 2. The molecule has 1 fully saturated rings. The highest BCUT2D eigenvalue weighted by molar-refractivity contribution is 5.03. The van der Waals surface area contributed by atoms with Gasteiger partial charge in [0.2, 0.25) is 0 Å². The van der Waals surface area contributed by atoms with Crippen molar-refractivity contribution >= 4 is 0 Å². The molecule has 1 rings (SSSR count). The number of hydrogen-bond acceptors (Lipinski definition) is 3. The van der Waals surface area contributed by atoms with Crippen LogP contribution in [0.2, 0.25) is 0 Å². The maximum atomic E-state index is 8.55. The summed E-state index contributed by atoms with van der Waals surface area (Å²) in [6.45, 7) is 8.21. The van der Waals surface area contributed by atoms with Crippen LogP contribution in [0.4, 0.5) is 0 Å². The molecule has 0 aliphatic heterocycles. The highest BCUT2D eigenvalue weighted by Gasteiger charge is 2.50. The van der Waals surface area contributed by atoms with Crippen LogP contribution in [0.3, 0.4) is 0 Å². The lowest BCUT2D eigenvalue weighted by molar-refractivity contribution is -0.144. The van der Waals surface area contributed by atoms with Gasteiger partial charge in [0.15, 0.2) is 0 Å². The molecule has 86 valence electrons. The van der Waals surface area contributed by atoms with Crippen LogP contribution in [0, 0.1) is 16.7 Å². The molecule has 0 saturated heterocycles. The minimum Gasteiger partial charge on any atom is -0.378 e. The Balaban J connectivity index is 2.43. The van der Waals surface area contributed by atoms with Crippen LogP contribution in [-0.4, -0.2) is 37.2 Å². The second kappa shape index (κ2) is 4.96. The summed E-state index contributed by atoms with van der Waals surface area (Å²) in [5.41, 5.74) is 0.222. The molecule has 0 amide bonds. The van der Waals surface area contributed by atoms with Crippen LogP contribution >= 0.6 is 0 Å². The third kappa shape index (κ3) is 2.50. The molecule has 3 heteroatoms. The van der Waals surface area contributed by atoms with Crippen molar-refractivity contribution in [3.63, 3.8) is 0 Å². The normalized spacial score (nSPS) is 28.5. The largest absolute Gasteiger partial charge is 0.378 e. The van der Waals surface area contributed by atoms with Gasteiger partial charge in [0.25, 0.3) is 0 Å². The van der Waals surface area contributed by atoms with Crippen molar-refractivity contribution in [2.45, 2.75) is 45.8 Å². The van der Waals surface area contributed by atoms with E-state index in [0.29, 0.717) is 18.6 Å². The van der Waals surface area contributed by atoms with E-state index in [-0.39, 0.29) is 5.41 Å². The third-order valence-electron chi connectivity index (χ3n) is 3.60. The van der Waals surface area contributed by atoms with Crippen molar-refractivity contribution in [2.75, 3.05) is 20.2 Å². The van der Waals surface area contributed by atoms with E-state index in [0.717, 1.165) is 19.6 Å². The zero-order valence-corrected chi connectivity index (χ0v) is 10.3. The minimum atomic E-state index is 0.222. The molecule has 0 aromatic carbocycles. The number of ether oxygens (including phenoxy) is 1. The van der Waals surface area contributed by atoms with E-state index in [4.69, 9.17) is 10.00 Å². The molecule has 2 atom stereocenters. The molecule has 0 aromatic heterocycles. The monoisotopic (exact) mass is 210 g/mol. The molecule has 0 N–H and O–H groups in total. The minimum absolute atomic E-state index is 0.222. The Morgan fingerprint density at radius 1 is 1.53 bits per heavy atom. The van der Waals surface area contributed by atoms with Gasteiger partial charge in [0.05, 0.1) is 12.2 Å². The van der Waals surface area contributed by atoms with Gasteiger partial charge in [0.1, 0.15) is 0 Å². The summed E-state index contributed by atoms with van der Waals surface area (Å²) in [4.78, 5) is 2.29. The maximum absolute atomic E-state index is 8.55. The third-order valence-corrected chi connectivity index (χ3v) is 3.60. The van der Waals surface area contributed by atoms with E-state index in [9.17, 15) is 0 Å². The zero-order chi connectivity index (χ0) is 11.5. The van der Waals surface area contributed by atoms with Crippen molar-refractivity contribution < 1.29 is 4.74 Å². The molecular formula is C12H22N2O. The van der Waals surface area contributed by atoms with E-state index in [1.54, 1.807) is 0 Å². The van der Waals surface area contributed by atoms with Crippen molar-refractivity contribution in [1.29, 1.82) is 5.26 Å². The van der Waals surface area contributed by atoms with Gasteiger partial charge in [-0.3, -0.25) is 0 Å². The topological polar surface area (TPSA) is 36.3 Å². The molecule has 0 unspecified atom stereocenters. The van der Waals surface area contributed by atoms with E-state index in [2.05, 4.69) is 31.9 Å². The molecule has 1 saturated carbocycles. The van der Waals surface area contributed by atoms with E-state index < -0.39 is 0 Å². The van der Waals surface area contributed by atoms with Crippen LogP contribution in [0.25, 0.3) is 0 Å². The van der Waals surface area contributed by atoms with Crippen LogP contribution in [0.1, 0.15) is 33.6 Å². The molecule has 1 aliphatic carbocycles. The molecular weight excluding hydrogens is 188 g/mol. The van der Waals surface area contributed by atoms with Crippen LogP contribution < -0.4 is 0 Å². The number of rotatable bonds is 5. The smallest absolute Gasteiger partial charge is 0.0655 e. The summed E-state index contributed by atoms with van der Waals surface area (Å²) in [6, 6.07) is 2.75. The predicted octanol–water partition coefficient (Wildman–Crippen LogP) is 2.04. The maximum Gasteiger partial charge on any atom is 0.0655 e. The lowest BCUT2D eigenvalue weighted by Crippen LogP contribution is -2.61. The molecule has 0 heterocycles. The second-order valence-electron chi connectivity index (χ2n) is 4.91. The lowest BCUT2D eigenvalue weighted by atomic mass is 9.64. The van der Waals surface area contributed by atoms with Crippen LogP contribution in [0.5, 0.6) is 0 Å². The van der Waals surface area contributed by atoms with Gasteiger partial charge < -0.3 is 9.64 Å². The fourth-order valence-electron chi connectivity index (χ4n) is 2.48. The van der Waals surface area contributed by atoms with Crippen LogP contribution in [0.15, 0.2) is 0 Å². The average Bonchev–Trinajstić information content (AvgIpc) is 2.20. The van der Waals surface area contributed by atoms with Gasteiger partial charge in [-0.1, -0.05) is 13.8 Å². The molecule has 0 radical (unpaired) electrons. The Hall–Kier alpha value is -0.590. The van der Waals surface area contributed by atoms with Crippen molar-refractivity contribution in [3.05, 3.63) is 0 Å². The zero-order valence-electron chi connectivity index (χ0n) is 10.3. The van der Waals surface area contributed by atoms with Gasteiger partial charge in [-0.25, -0.2) is 0 Å². The van der Waals surface area contributed by atoms with Gasteiger partial charge in [-0.05, 0) is 20.4 Å². The fourth-order valence-corrected chi connectivity index (χ4v) is 2.48. The van der Waals surface area contributed by atoms with Crippen molar-refractivity contribution in [1.82, 2.24) is 4.90 Å². The number of hydrogen-bond donors (Lipinski definition) is 0. The van der Waals surface area contributed by atoms with Crippen molar-refractivity contribution in [3.8, 4) is 6.07 Å². The summed E-state index contributed by atoms with van der Waals surface area (Å²) in [7, 11) is 2.10. The first-order valence-corrected chi connectivity index (χ1v) is 5.72. The Morgan fingerprint density at radius 2 is 2.20 bits per heavy atom. The Morgan fingerprint density at radius 3 is 2.67 bits per heavy atom. The Kier molecular flexibility index (Phi) is 4.12. The summed E-state index contributed by atoms with van der Waals surface area (Å²) in [5, 5.41) is 8.55. The van der Waals surface area contributed by atoms with Gasteiger partial charge in [0, 0.05) is 31.0 Å². The predicted molar refractivity (Wildman–Crippen MR) is 60.5 cm³/mol. The summed E-state index contributed by atoms with van der Waals surface area (Å²) < 4.78 is 5.69. The van der Waals surface area contributed by atoms with E-state index in [1.165, 1.54) is 0 Å². The lowest BCUT2D eigenvalue weighted by Gasteiger charge is -2.55. The number of nitriles is 1. The molecule has 0 bridgehead atoms. The molecule has 1 aliphatic rings. The van der Waals surface area contributed by atoms with Crippen LogP contribution in [-0.2, 0) is 4.74 Å². The molecule has 0 spiro atoms. The molecule has 0 aromatic rings.